The zero-order valence-corrected chi connectivity index (χ0v) is 14.3. The molecule has 1 heterocycles. The van der Waals surface area contributed by atoms with E-state index in [2.05, 4.69) is 5.32 Å². The lowest BCUT2D eigenvalue weighted by atomic mass is 9.77. The number of hydrogen-bond acceptors (Lipinski definition) is 4. The monoisotopic (exact) mass is 319 g/mol. The van der Waals surface area contributed by atoms with Crippen LogP contribution >= 0.6 is 0 Å². The molecule has 1 fully saturated rings. The van der Waals surface area contributed by atoms with E-state index in [-0.39, 0.29) is 5.56 Å². The second-order valence-corrected chi connectivity index (χ2v) is 6.74. The van der Waals surface area contributed by atoms with E-state index < -0.39 is 24.1 Å². The summed E-state index contributed by atoms with van der Waals surface area (Å²) >= 11 is 0. The fraction of sp³-hybridized carbons (Fsp3) is 0.471. The number of likely N-dealkylation sites (N-methyl/N-ethyl adjacent to an activating group) is 1. The molecular weight excluding hydrogens is 296 g/mol. The molecule has 0 atom stereocenters. The van der Waals surface area contributed by atoms with Crippen molar-refractivity contribution in [2.45, 2.75) is 38.9 Å². The van der Waals surface area contributed by atoms with Gasteiger partial charge in [-0.15, -0.1) is 0 Å². The van der Waals surface area contributed by atoms with Gasteiger partial charge in [0, 0.05) is 6.54 Å². The molecule has 0 aromatic heterocycles. The highest BCUT2D eigenvalue weighted by Gasteiger charge is 2.52. The highest BCUT2D eigenvalue weighted by Crippen LogP contribution is 2.38. The number of nitrogens with one attached hydrogen (secondary N) is 1. The first-order valence-electron chi connectivity index (χ1n) is 7.65. The van der Waals surface area contributed by atoms with Crippen molar-refractivity contribution >= 4 is 19.5 Å². The smallest absolute Gasteiger partial charge is 0.400 e. The first-order chi connectivity index (χ1) is 10.7. The van der Waals surface area contributed by atoms with Gasteiger partial charge in [-0.25, -0.2) is 4.39 Å². The Bertz CT molecular complexity index is 612. The van der Waals surface area contributed by atoms with Crippen LogP contribution in [0.4, 0.5) is 4.39 Å². The van der Waals surface area contributed by atoms with Gasteiger partial charge in [-0.2, -0.15) is 0 Å². The summed E-state index contributed by atoms with van der Waals surface area (Å²) in [6, 6.07) is 4.51. The molecule has 1 aliphatic heterocycles. The summed E-state index contributed by atoms with van der Waals surface area (Å²) in [4.78, 5) is 10.7. The van der Waals surface area contributed by atoms with Crippen LogP contribution in [0.15, 0.2) is 23.7 Å². The lowest BCUT2D eigenvalue weighted by molar-refractivity contribution is 0.00578. The molecule has 1 N–H and O–H groups in total. The Hall–Kier alpha value is -1.50. The second kappa shape index (κ2) is 6.55. The maximum atomic E-state index is 13.8. The minimum Gasteiger partial charge on any atom is -0.400 e. The zero-order chi connectivity index (χ0) is 17.3. The molecule has 0 amide bonds. The molecule has 1 aromatic carbocycles. The minimum atomic E-state index is -0.536. The number of hydrogen-bond donors (Lipinski definition) is 1. The average molecular weight is 319 g/mol. The number of halogens is 1. The molecule has 6 heteroatoms. The van der Waals surface area contributed by atoms with Crippen LogP contribution in [0.5, 0.6) is 0 Å². The molecular formula is C17H23BFNO3. The lowest BCUT2D eigenvalue weighted by Crippen LogP contribution is -2.41. The fourth-order valence-electron chi connectivity index (χ4n) is 2.34. The molecule has 0 bridgehead atoms. The average Bonchev–Trinajstić information content (AvgIpc) is 2.67. The van der Waals surface area contributed by atoms with Crippen molar-refractivity contribution in [2.24, 2.45) is 0 Å². The van der Waals surface area contributed by atoms with Crippen LogP contribution in [0.25, 0.3) is 6.08 Å². The van der Waals surface area contributed by atoms with Gasteiger partial charge >= 0.3 is 7.12 Å². The number of carbonyl (C=O) groups excluding carboxylic acids is 1. The molecule has 0 radical (unpaired) electrons. The predicted octanol–water partition coefficient (Wildman–Crippen LogP) is 2.87. The van der Waals surface area contributed by atoms with Gasteiger partial charge in [0.2, 0.25) is 0 Å². The van der Waals surface area contributed by atoms with Crippen molar-refractivity contribution in [3.05, 3.63) is 40.6 Å². The van der Waals surface area contributed by atoms with Crippen LogP contribution in [0.3, 0.4) is 0 Å². The standard InChI is InChI=1S/C17H23BFNO3/c1-16(2)17(3,4)23-18(22-16)14(10-20-5)8-12-6-7-13(11-21)15(19)9-12/h6-9,11,20H,10H2,1-5H3. The predicted molar refractivity (Wildman–Crippen MR) is 89.8 cm³/mol. The van der Waals surface area contributed by atoms with Crippen LogP contribution in [0.2, 0.25) is 0 Å². The van der Waals surface area contributed by atoms with E-state index in [4.69, 9.17) is 9.31 Å². The number of rotatable bonds is 5. The van der Waals surface area contributed by atoms with Crippen LogP contribution in [-0.4, -0.2) is 38.2 Å². The van der Waals surface area contributed by atoms with E-state index in [1.54, 1.807) is 6.07 Å². The summed E-state index contributed by atoms with van der Waals surface area (Å²) in [5.74, 6) is -0.536. The first kappa shape index (κ1) is 17.9. The van der Waals surface area contributed by atoms with E-state index in [0.29, 0.717) is 18.4 Å². The maximum absolute atomic E-state index is 13.8. The van der Waals surface area contributed by atoms with Crippen LogP contribution in [0.1, 0.15) is 43.6 Å². The first-order valence-corrected chi connectivity index (χ1v) is 7.65. The summed E-state index contributed by atoms with van der Waals surface area (Å²) in [6.45, 7) is 8.50. The van der Waals surface area contributed by atoms with Gasteiger partial charge in [0.05, 0.1) is 16.8 Å². The van der Waals surface area contributed by atoms with Crippen molar-refractivity contribution in [3.63, 3.8) is 0 Å². The van der Waals surface area contributed by atoms with Crippen LogP contribution in [0, 0.1) is 5.82 Å². The van der Waals surface area contributed by atoms with E-state index in [0.717, 1.165) is 5.47 Å². The third kappa shape index (κ3) is 3.71. The third-order valence-electron chi connectivity index (χ3n) is 4.44. The summed E-state index contributed by atoms with van der Waals surface area (Å²) in [5, 5.41) is 3.08. The van der Waals surface area contributed by atoms with Gasteiger partial charge in [0.15, 0.2) is 6.29 Å². The van der Waals surface area contributed by atoms with Gasteiger partial charge in [-0.1, -0.05) is 12.1 Å². The Labute approximate surface area is 137 Å². The van der Waals surface area contributed by atoms with Gasteiger partial charge < -0.3 is 14.6 Å². The van der Waals surface area contributed by atoms with Gasteiger partial charge in [-0.05, 0) is 57.9 Å². The summed E-state index contributed by atoms with van der Waals surface area (Å²) in [7, 11) is 1.33. The van der Waals surface area contributed by atoms with Crippen molar-refractivity contribution in [3.8, 4) is 0 Å². The van der Waals surface area contributed by atoms with E-state index in [9.17, 15) is 9.18 Å². The number of carbonyl (C=O) groups is 1. The Kier molecular flexibility index (Phi) is 5.09. The van der Waals surface area contributed by atoms with E-state index in [1.165, 1.54) is 12.1 Å². The molecule has 124 valence electrons. The Morgan fingerprint density at radius 3 is 2.35 bits per heavy atom. The largest absolute Gasteiger partial charge is 0.491 e. The molecule has 1 saturated heterocycles. The summed E-state index contributed by atoms with van der Waals surface area (Å²) in [5.41, 5.74) is 0.708. The van der Waals surface area contributed by atoms with Gasteiger partial charge in [0.25, 0.3) is 0 Å². The fourth-order valence-corrected chi connectivity index (χ4v) is 2.34. The molecule has 0 unspecified atom stereocenters. The maximum Gasteiger partial charge on any atom is 0.491 e. The van der Waals surface area contributed by atoms with Crippen molar-refractivity contribution in [2.75, 3.05) is 13.6 Å². The SMILES string of the molecule is CNCC(=Cc1ccc(C=O)c(F)c1)B1OC(C)(C)C(C)(C)O1. The molecule has 0 spiro atoms. The molecule has 0 aliphatic carbocycles. The lowest BCUT2D eigenvalue weighted by Gasteiger charge is -2.32. The highest BCUT2D eigenvalue weighted by molar-refractivity contribution is 6.55. The topological polar surface area (TPSA) is 47.6 Å². The number of benzene rings is 1. The third-order valence-corrected chi connectivity index (χ3v) is 4.44. The normalized spacial score (nSPS) is 19.9. The Balaban J connectivity index is 2.32. The number of aldehydes is 1. The highest BCUT2D eigenvalue weighted by atomic mass is 19.1. The van der Waals surface area contributed by atoms with E-state index in [1.807, 2.05) is 40.8 Å². The molecule has 4 nitrogen and oxygen atoms in total. The molecule has 2 rings (SSSR count). The van der Waals surface area contributed by atoms with Crippen LogP contribution < -0.4 is 5.32 Å². The molecule has 1 aliphatic rings. The van der Waals surface area contributed by atoms with Gasteiger partial charge in [-0.3, -0.25) is 4.79 Å². The summed E-state index contributed by atoms with van der Waals surface area (Å²) < 4.78 is 25.9. The Morgan fingerprint density at radius 1 is 1.26 bits per heavy atom. The van der Waals surface area contributed by atoms with Crippen LogP contribution in [-0.2, 0) is 9.31 Å². The second-order valence-electron chi connectivity index (χ2n) is 6.74. The van der Waals surface area contributed by atoms with Crippen molar-refractivity contribution in [1.29, 1.82) is 0 Å². The van der Waals surface area contributed by atoms with Crippen molar-refractivity contribution < 1.29 is 18.5 Å². The molecule has 0 saturated carbocycles. The molecule has 1 aromatic rings. The Morgan fingerprint density at radius 2 is 1.87 bits per heavy atom. The zero-order valence-electron chi connectivity index (χ0n) is 14.3. The van der Waals surface area contributed by atoms with Crippen molar-refractivity contribution in [1.82, 2.24) is 5.32 Å². The quantitative estimate of drug-likeness (QED) is 0.670. The van der Waals surface area contributed by atoms with E-state index >= 15 is 0 Å². The summed E-state index contributed by atoms with van der Waals surface area (Å²) in [6.07, 6.45) is 2.34. The van der Waals surface area contributed by atoms with Gasteiger partial charge in [0.1, 0.15) is 5.82 Å². The molecule has 23 heavy (non-hydrogen) atoms. The minimum absolute atomic E-state index is 0.0490.